The minimum Gasteiger partial charge on any atom is -0.349 e. The third-order valence-electron chi connectivity index (χ3n) is 3.31. The summed E-state index contributed by atoms with van der Waals surface area (Å²) in [5.74, 6) is -0.253. The molecule has 1 aromatic carbocycles. The largest absolute Gasteiger partial charge is 0.349 e. The normalized spacial score (nSPS) is 10.7. The van der Waals surface area contributed by atoms with Crippen LogP contribution < -0.4 is 10.6 Å². The third-order valence-corrected chi connectivity index (χ3v) is 4.33. The van der Waals surface area contributed by atoms with Gasteiger partial charge in [-0.1, -0.05) is 0 Å². The van der Waals surface area contributed by atoms with Gasteiger partial charge in [0.1, 0.15) is 10.7 Å². The fourth-order valence-electron chi connectivity index (χ4n) is 2.11. The number of likely N-dealkylation sites (N-methyl/N-ethyl adjacent to an activating group) is 1. The lowest BCUT2D eigenvalue weighted by Crippen LogP contribution is -2.31. The average Bonchev–Trinajstić information content (AvgIpc) is 2.89. The Hall–Kier alpha value is -2.25. The number of aromatic nitrogens is 1. The Bertz CT molecular complexity index is 723. The molecule has 0 radical (unpaired) electrons. The van der Waals surface area contributed by atoms with Crippen molar-refractivity contribution in [1.29, 1.82) is 0 Å². The standard InChI is InChI=1S/C17H22N4O2S/c1-11-15(16(23)18-9-10-21(3)4)20-17(24-11)13-5-7-14(8-6-13)19-12(2)22/h5-8H,9-10H2,1-4H3,(H,18,23)(H,19,22). The molecular weight excluding hydrogens is 324 g/mol. The minimum absolute atomic E-state index is 0.107. The van der Waals surface area contributed by atoms with Gasteiger partial charge in [0.05, 0.1) is 0 Å². The molecule has 2 amide bonds. The zero-order valence-corrected chi connectivity index (χ0v) is 15.2. The maximum atomic E-state index is 12.2. The lowest BCUT2D eigenvalue weighted by Gasteiger charge is -2.09. The third kappa shape index (κ3) is 4.87. The lowest BCUT2D eigenvalue weighted by molar-refractivity contribution is -0.114. The smallest absolute Gasteiger partial charge is 0.271 e. The van der Waals surface area contributed by atoms with E-state index in [0.29, 0.717) is 12.2 Å². The molecule has 0 saturated carbocycles. The van der Waals surface area contributed by atoms with E-state index in [-0.39, 0.29) is 11.8 Å². The van der Waals surface area contributed by atoms with Gasteiger partial charge >= 0.3 is 0 Å². The van der Waals surface area contributed by atoms with Crippen molar-refractivity contribution in [3.05, 3.63) is 34.8 Å². The average molecular weight is 346 g/mol. The number of nitrogens with zero attached hydrogens (tertiary/aromatic N) is 2. The molecule has 128 valence electrons. The maximum absolute atomic E-state index is 12.2. The van der Waals surface area contributed by atoms with Gasteiger partial charge in [0.15, 0.2) is 0 Å². The van der Waals surface area contributed by atoms with Crippen molar-refractivity contribution in [3.8, 4) is 10.6 Å². The summed E-state index contributed by atoms with van der Waals surface area (Å²) in [5, 5.41) is 6.40. The van der Waals surface area contributed by atoms with Gasteiger partial charge in [0.2, 0.25) is 5.91 Å². The number of amides is 2. The van der Waals surface area contributed by atoms with Crippen molar-refractivity contribution in [2.24, 2.45) is 0 Å². The second-order valence-electron chi connectivity index (χ2n) is 5.74. The number of hydrogen-bond acceptors (Lipinski definition) is 5. The van der Waals surface area contributed by atoms with E-state index in [0.717, 1.165) is 27.7 Å². The van der Waals surface area contributed by atoms with Crippen LogP contribution in [0.4, 0.5) is 5.69 Å². The molecule has 0 unspecified atom stereocenters. The number of hydrogen-bond donors (Lipinski definition) is 2. The van der Waals surface area contributed by atoms with E-state index >= 15 is 0 Å². The van der Waals surface area contributed by atoms with Crippen LogP contribution in [0.5, 0.6) is 0 Å². The van der Waals surface area contributed by atoms with Gasteiger partial charge < -0.3 is 15.5 Å². The molecule has 0 aliphatic carbocycles. The molecule has 0 aliphatic heterocycles. The zero-order valence-electron chi connectivity index (χ0n) is 14.3. The van der Waals surface area contributed by atoms with E-state index in [9.17, 15) is 9.59 Å². The molecule has 1 heterocycles. The van der Waals surface area contributed by atoms with Crippen LogP contribution in [-0.2, 0) is 4.79 Å². The van der Waals surface area contributed by atoms with Gasteiger partial charge in [-0.05, 0) is 45.3 Å². The van der Waals surface area contributed by atoms with Crippen LogP contribution in [-0.4, -0.2) is 48.9 Å². The summed E-state index contributed by atoms with van der Waals surface area (Å²) in [4.78, 5) is 30.7. The SMILES string of the molecule is CC(=O)Nc1ccc(-c2nc(C(=O)NCCN(C)C)c(C)s2)cc1. The van der Waals surface area contributed by atoms with Crippen molar-refractivity contribution in [1.82, 2.24) is 15.2 Å². The first-order chi connectivity index (χ1) is 11.4. The molecule has 0 aliphatic rings. The van der Waals surface area contributed by atoms with E-state index in [1.54, 1.807) is 0 Å². The van der Waals surface area contributed by atoms with Crippen molar-refractivity contribution in [3.63, 3.8) is 0 Å². The molecule has 6 nitrogen and oxygen atoms in total. The van der Waals surface area contributed by atoms with Gasteiger partial charge in [0, 0.05) is 36.1 Å². The van der Waals surface area contributed by atoms with Crippen molar-refractivity contribution >= 4 is 28.8 Å². The molecule has 2 N–H and O–H groups in total. The highest BCUT2D eigenvalue weighted by Gasteiger charge is 2.16. The predicted molar refractivity (Wildman–Crippen MR) is 97.5 cm³/mol. The molecular formula is C17H22N4O2S. The number of anilines is 1. The van der Waals surface area contributed by atoms with E-state index < -0.39 is 0 Å². The van der Waals surface area contributed by atoms with Crippen molar-refractivity contribution in [2.75, 3.05) is 32.5 Å². The second kappa shape index (κ2) is 8.03. The predicted octanol–water partition coefficient (Wildman–Crippen LogP) is 2.37. The molecule has 0 fully saturated rings. The van der Waals surface area contributed by atoms with Gasteiger partial charge in [-0.3, -0.25) is 9.59 Å². The number of carbonyl (C=O) groups excluding carboxylic acids is 2. The van der Waals surface area contributed by atoms with Crippen molar-refractivity contribution < 1.29 is 9.59 Å². The lowest BCUT2D eigenvalue weighted by atomic mass is 10.2. The van der Waals surface area contributed by atoms with E-state index in [1.807, 2.05) is 50.2 Å². The first-order valence-electron chi connectivity index (χ1n) is 7.65. The summed E-state index contributed by atoms with van der Waals surface area (Å²) >= 11 is 1.49. The molecule has 1 aromatic heterocycles. The number of nitrogens with one attached hydrogen (secondary N) is 2. The number of thiazole rings is 1. The number of aryl methyl sites for hydroxylation is 1. The summed E-state index contributed by atoms with van der Waals surface area (Å²) in [6.45, 7) is 4.74. The van der Waals surface area contributed by atoms with Crippen LogP contribution in [0, 0.1) is 6.92 Å². The van der Waals surface area contributed by atoms with Crippen LogP contribution in [0.25, 0.3) is 10.6 Å². The first-order valence-corrected chi connectivity index (χ1v) is 8.47. The molecule has 7 heteroatoms. The Kier molecular flexibility index (Phi) is 6.05. The Labute approximate surface area is 145 Å². The highest BCUT2D eigenvalue weighted by atomic mass is 32.1. The zero-order chi connectivity index (χ0) is 17.7. The monoisotopic (exact) mass is 346 g/mol. The number of benzene rings is 1. The highest BCUT2D eigenvalue weighted by molar-refractivity contribution is 7.15. The molecule has 2 rings (SSSR count). The molecule has 2 aromatic rings. The Morgan fingerprint density at radius 3 is 2.46 bits per heavy atom. The molecule has 0 saturated heterocycles. The van der Waals surface area contributed by atoms with Crippen LogP contribution >= 0.6 is 11.3 Å². The van der Waals surface area contributed by atoms with Crippen LogP contribution in [0.3, 0.4) is 0 Å². The topological polar surface area (TPSA) is 74.3 Å². The fraction of sp³-hybridized carbons (Fsp3) is 0.353. The van der Waals surface area contributed by atoms with Crippen LogP contribution in [0.1, 0.15) is 22.3 Å². The quantitative estimate of drug-likeness (QED) is 0.842. The van der Waals surface area contributed by atoms with Gasteiger partial charge in [-0.25, -0.2) is 4.98 Å². The number of rotatable bonds is 6. The summed E-state index contributed by atoms with van der Waals surface area (Å²) in [6.07, 6.45) is 0. The minimum atomic E-state index is -0.147. The summed E-state index contributed by atoms with van der Waals surface area (Å²) in [7, 11) is 3.92. The fourth-order valence-corrected chi connectivity index (χ4v) is 3.02. The summed E-state index contributed by atoms with van der Waals surface area (Å²) in [6, 6.07) is 7.42. The maximum Gasteiger partial charge on any atom is 0.271 e. The Balaban J connectivity index is 2.10. The van der Waals surface area contributed by atoms with E-state index in [2.05, 4.69) is 15.6 Å². The highest BCUT2D eigenvalue weighted by Crippen LogP contribution is 2.28. The number of carbonyl (C=O) groups is 2. The summed E-state index contributed by atoms with van der Waals surface area (Å²) in [5.41, 5.74) is 2.13. The Morgan fingerprint density at radius 1 is 1.21 bits per heavy atom. The van der Waals surface area contributed by atoms with Crippen LogP contribution in [0.15, 0.2) is 24.3 Å². The van der Waals surface area contributed by atoms with Gasteiger partial charge in [-0.2, -0.15) is 0 Å². The van der Waals surface area contributed by atoms with Crippen molar-refractivity contribution in [2.45, 2.75) is 13.8 Å². The molecule has 24 heavy (non-hydrogen) atoms. The van der Waals surface area contributed by atoms with Gasteiger partial charge in [0.25, 0.3) is 5.91 Å². The van der Waals surface area contributed by atoms with Crippen LogP contribution in [0.2, 0.25) is 0 Å². The Morgan fingerprint density at radius 2 is 1.88 bits per heavy atom. The molecule has 0 spiro atoms. The van der Waals surface area contributed by atoms with E-state index in [4.69, 9.17) is 0 Å². The molecule has 0 bridgehead atoms. The summed E-state index contributed by atoms with van der Waals surface area (Å²) < 4.78 is 0. The van der Waals surface area contributed by atoms with Gasteiger partial charge in [-0.15, -0.1) is 11.3 Å². The first kappa shape index (κ1) is 18.1. The van der Waals surface area contributed by atoms with E-state index in [1.165, 1.54) is 18.3 Å². The molecule has 0 atom stereocenters. The second-order valence-corrected chi connectivity index (χ2v) is 6.94.